The summed E-state index contributed by atoms with van der Waals surface area (Å²) >= 11 is 0. The molecule has 0 atom stereocenters. The molecular formula is C16H22FNO. The van der Waals surface area contributed by atoms with E-state index in [4.69, 9.17) is 0 Å². The maximum Gasteiger partial charge on any atom is 0.254 e. The van der Waals surface area contributed by atoms with Crippen molar-refractivity contribution in [3.05, 3.63) is 35.1 Å². The van der Waals surface area contributed by atoms with Crippen LogP contribution in [0.25, 0.3) is 0 Å². The Kier molecular flexibility index (Phi) is 4.94. The van der Waals surface area contributed by atoms with Crippen LogP contribution in [-0.2, 0) is 0 Å². The van der Waals surface area contributed by atoms with Gasteiger partial charge in [-0.05, 0) is 31.4 Å². The van der Waals surface area contributed by atoms with Gasteiger partial charge in [0.05, 0.1) is 5.56 Å². The minimum Gasteiger partial charge on any atom is -0.349 e. The third-order valence-electron chi connectivity index (χ3n) is 3.88. The number of amides is 1. The Bertz CT molecular complexity index is 436. The molecule has 0 saturated heterocycles. The number of hydrogen-bond acceptors (Lipinski definition) is 1. The van der Waals surface area contributed by atoms with Crippen LogP contribution in [-0.4, -0.2) is 11.9 Å². The molecule has 104 valence electrons. The summed E-state index contributed by atoms with van der Waals surface area (Å²) in [6.07, 6.45) is 8.12. The van der Waals surface area contributed by atoms with E-state index < -0.39 is 5.82 Å². The van der Waals surface area contributed by atoms with E-state index in [9.17, 15) is 9.18 Å². The lowest BCUT2D eigenvalue weighted by molar-refractivity contribution is 0.0926. The number of hydrogen-bond donors (Lipinski definition) is 1. The van der Waals surface area contributed by atoms with Gasteiger partial charge in [0, 0.05) is 6.04 Å². The van der Waals surface area contributed by atoms with Crippen molar-refractivity contribution in [1.82, 2.24) is 5.32 Å². The summed E-state index contributed by atoms with van der Waals surface area (Å²) in [6, 6.07) is 5.17. The molecule has 0 bridgehead atoms. The SMILES string of the molecule is Cc1cccc(C(=O)NC2CCCCCCC2)c1F. The van der Waals surface area contributed by atoms with Crippen LogP contribution in [0.15, 0.2) is 18.2 Å². The lowest BCUT2D eigenvalue weighted by Gasteiger charge is -2.21. The first-order valence-electron chi connectivity index (χ1n) is 7.24. The molecule has 0 unspecified atom stereocenters. The highest BCUT2D eigenvalue weighted by atomic mass is 19.1. The summed E-state index contributed by atoms with van der Waals surface area (Å²) in [5, 5.41) is 2.99. The minimum atomic E-state index is -0.397. The molecule has 0 heterocycles. The molecule has 0 spiro atoms. The van der Waals surface area contributed by atoms with Crippen molar-refractivity contribution in [2.24, 2.45) is 0 Å². The highest BCUT2D eigenvalue weighted by molar-refractivity contribution is 5.94. The van der Waals surface area contributed by atoms with Crippen molar-refractivity contribution in [3.63, 3.8) is 0 Å². The van der Waals surface area contributed by atoms with E-state index in [2.05, 4.69) is 5.32 Å². The molecule has 0 aromatic heterocycles. The Labute approximate surface area is 114 Å². The lowest BCUT2D eigenvalue weighted by atomic mass is 9.96. The second kappa shape index (κ2) is 6.69. The van der Waals surface area contributed by atoms with Crippen LogP contribution in [0.2, 0.25) is 0 Å². The number of carbonyl (C=O) groups excluding carboxylic acids is 1. The number of aryl methyl sites for hydroxylation is 1. The van der Waals surface area contributed by atoms with Gasteiger partial charge in [0.1, 0.15) is 5.82 Å². The number of halogens is 1. The van der Waals surface area contributed by atoms with Crippen LogP contribution >= 0.6 is 0 Å². The zero-order chi connectivity index (χ0) is 13.7. The van der Waals surface area contributed by atoms with Crippen molar-refractivity contribution in [2.45, 2.75) is 57.9 Å². The quantitative estimate of drug-likeness (QED) is 0.859. The summed E-state index contributed by atoms with van der Waals surface area (Å²) in [5.74, 6) is -0.669. The summed E-state index contributed by atoms with van der Waals surface area (Å²) in [6.45, 7) is 1.68. The van der Waals surface area contributed by atoms with E-state index in [-0.39, 0.29) is 17.5 Å². The molecule has 19 heavy (non-hydrogen) atoms. The van der Waals surface area contributed by atoms with Crippen molar-refractivity contribution in [2.75, 3.05) is 0 Å². The second-order valence-corrected chi connectivity index (χ2v) is 5.45. The van der Waals surface area contributed by atoms with Gasteiger partial charge in [0.2, 0.25) is 0 Å². The van der Waals surface area contributed by atoms with Gasteiger partial charge in [-0.3, -0.25) is 4.79 Å². The lowest BCUT2D eigenvalue weighted by Crippen LogP contribution is -2.35. The van der Waals surface area contributed by atoms with Crippen LogP contribution in [0.5, 0.6) is 0 Å². The number of nitrogens with one attached hydrogen (secondary N) is 1. The van der Waals surface area contributed by atoms with E-state index >= 15 is 0 Å². The molecule has 2 rings (SSSR count). The Balaban J connectivity index is 2.01. The average molecular weight is 263 g/mol. The molecule has 1 amide bonds. The van der Waals surface area contributed by atoms with Crippen LogP contribution in [0, 0.1) is 12.7 Å². The van der Waals surface area contributed by atoms with E-state index in [0.29, 0.717) is 5.56 Å². The molecule has 1 fully saturated rings. The van der Waals surface area contributed by atoms with Gasteiger partial charge >= 0.3 is 0 Å². The van der Waals surface area contributed by atoms with Crippen LogP contribution in [0.1, 0.15) is 60.9 Å². The molecule has 1 aromatic carbocycles. The molecule has 1 aromatic rings. The van der Waals surface area contributed by atoms with Crippen molar-refractivity contribution >= 4 is 5.91 Å². The van der Waals surface area contributed by atoms with Gasteiger partial charge in [0.25, 0.3) is 5.91 Å². The Hall–Kier alpha value is -1.38. The normalized spacial score (nSPS) is 17.6. The first-order valence-corrected chi connectivity index (χ1v) is 7.24. The fourth-order valence-electron chi connectivity index (χ4n) is 2.69. The Morgan fingerprint density at radius 1 is 1.16 bits per heavy atom. The minimum absolute atomic E-state index is 0.169. The fraction of sp³-hybridized carbons (Fsp3) is 0.562. The third-order valence-corrected chi connectivity index (χ3v) is 3.88. The summed E-state index contributed by atoms with van der Waals surface area (Å²) in [4.78, 5) is 12.1. The Morgan fingerprint density at radius 2 is 1.79 bits per heavy atom. The monoisotopic (exact) mass is 263 g/mol. The number of carbonyl (C=O) groups is 1. The topological polar surface area (TPSA) is 29.1 Å². The van der Waals surface area contributed by atoms with Gasteiger partial charge in [-0.1, -0.05) is 44.2 Å². The molecule has 1 aliphatic carbocycles. The zero-order valence-corrected chi connectivity index (χ0v) is 11.5. The molecule has 1 aliphatic rings. The largest absolute Gasteiger partial charge is 0.349 e. The fourth-order valence-corrected chi connectivity index (χ4v) is 2.69. The summed E-state index contributed by atoms with van der Waals surface area (Å²) < 4.78 is 13.9. The predicted molar refractivity (Wildman–Crippen MR) is 74.7 cm³/mol. The number of benzene rings is 1. The Morgan fingerprint density at radius 3 is 2.47 bits per heavy atom. The van der Waals surface area contributed by atoms with Crippen LogP contribution < -0.4 is 5.32 Å². The maximum absolute atomic E-state index is 13.9. The van der Waals surface area contributed by atoms with E-state index in [0.717, 1.165) is 25.7 Å². The smallest absolute Gasteiger partial charge is 0.254 e. The van der Waals surface area contributed by atoms with Crippen LogP contribution in [0.3, 0.4) is 0 Å². The molecular weight excluding hydrogens is 241 g/mol. The summed E-state index contributed by atoms with van der Waals surface area (Å²) in [7, 11) is 0. The first kappa shape index (κ1) is 14.0. The highest BCUT2D eigenvalue weighted by Gasteiger charge is 2.18. The molecule has 1 saturated carbocycles. The molecule has 0 radical (unpaired) electrons. The van der Waals surface area contributed by atoms with Gasteiger partial charge in [-0.15, -0.1) is 0 Å². The van der Waals surface area contributed by atoms with Crippen molar-refractivity contribution < 1.29 is 9.18 Å². The van der Waals surface area contributed by atoms with Crippen LogP contribution in [0.4, 0.5) is 4.39 Å². The van der Waals surface area contributed by atoms with Gasteiger partial charge in [-0.2, -0.15) is 0 Å². The molecule has 0 aliphatic heterocycles. The van der Waals surface area contributed by atoms with Crippen molar-refractivity contribution in [1.29, 1.82) is 0 Å². The zero-order valence-electron chi connectivity index (χ0n) is 11.5. The van der Waals surface area contributed by atoms with E-state index in [1.54, 1.807) is 25.1 Å². The molecule has 1 N–H and O–H groups in total. The molecule has 2 nitrogen and oxygen atoms in total. The first-order chi connectivity index (χ1) is 9.18. The average Bonchev–Trinajstić information content (AvgIpc) is 2.35. The summed E-state index contributed by atoms with van der Waals surface area (Å²) in [5.41, 5.74) is 0.687. The van der Waals surface area contributed by atoms with Gasteiger partial charge in [0.15, 0.2) is 0 Å². The van der Waals surface area contributed by atoms with Gasteiger partial charge in [-0.25, -0.2) is 4.39 Å². The van der Waals surface area contributed by atoms with Gasteiger partial charge < -0.3 is 5.32 Å². The van der Waals surface area contributed by atoms with E-state index in [1.807, 2.05) is 0 Å². The van der Waals surface area contributed by atoms with Crippen molar-refractivity contribution in [3.8, 4) is 0 Å². The van der Waals surface area contributed by atoms with E-state index in [1.165, 1.54) is 19.3 Å². The standard InChI is InChI=1S/C16H22FNO/c1-12-8-7-11-14(15(12)17)16(19)18-13-9-5-3-2-4-6-10-13/h7-8,11,13H,2-6,9-10H2,1H3,(H,18,19). The third kappa shape index (κ3) is 3.79. The predicted octanol–water partition coefficient (Wildman–Crippen LogP) is 3.98. The second-order valence-electron chi connectivity index (χ2n) is 5.45. The highest BCUT2D eigenvalue weighted by Crippen LogP contribution is 2.18. The molecule has 3 heteroatoms. The number of rotatable bonds is 2. The maximum atomic E-state index is 13.9.